The molecule has 34 heavy (non-hydrogen) atoms. The molecule has 1 atom stereocenters. The minimum atomic E-state index is -3.57. The van der Waals surface area contributed by atoms with E-state index in [0.717, 1.165) is 49.2 Å². The lowest BCUT2D eigenvalue weighted by atomic mass is 10.0. The number of hydrogen-bond acceptors (Lipinski definition) is 4. The maximum absolute atomic E-state index is 14.4. The molecule has 0 bridgehead atoms. The van der Waals surface area contributed by atoms with Crippen LogP contribution in [0.1, 0.15) is 57.1 Å². The average Bonchev–Trinajstić information content (AvgIpc) is 3.45. The molecule has 0 amide bonds. The number of aromatic nitrogens is 2. The fraction of sp³-hybridized carbons (Fsp3) is 0.480. The largest absolute Gasteiger partial charge is 0.316 e. The molecule has 182 valence electrons. The second kappa shape index (κ2) is 9.80. The van der Waals surface area contributed by atoms with Gasteiger partial charge >= 0.3 is 0 Å². The molecule has 5 nitrogen and oxygen atoms in total. The summed E-state index contributed by atoms with van der Waals surface area (Å²) in [6, 6.07) is 10.3. The van der Waals surface area contributed by atoms with Gasteiger partial charge in [0.25, 0.3) is 0 Å². The maximum Gasteiger partial charge on any atom is 0.243 e. The SMILES string of the molecule is C[C@@H]1CCCN(S(=O)(=O)c2ccc3c(c2)nc(SCc2c(F)cccc2Cl)n3C2CCCC2)C1. The van der Waals surface area contributed by atoms with E-state index in [1.807, 2.05) is 6.07 Å². The fourth-order valence-corrected chi connectivity index (χ4v) is 8.20. The Kier molecular flexibility index (Phi) is 6.95. The number of benzene rings is 2. The molecule has 5 rings (SSSR count). The van der Waals surface area contributed by atoms with Gasteiger partial charge in [-0.05, 0) is 61.9 Å². The Morgan fingerprint density at radius 1 is 1.15 bits per heavy atom. The highest BCUT2D eigenvalue weighted by molar-refractivity contribution is 7.98. The summed E-state index contributed by atoms with van der Waals surface area (Å²) in [5, 5.41) is 1.18. The molecule has 2 fully saturated rings. The fourth-order valence-electron chi connectivity index (χ4n) is 5.15. The third kappa shape index (κ3) is 4.62. The van der Waals surface area contributed by atoms with Crippen LogP contribution in [0, 0.1) is 11.7 Å². The van der Waals surface area contributed by atoms with E-state index in [2.05, 4.69) is 11.5 Å². The zero-order chi connectivity index (χ0) is 23.9. The summed E-state index contributed by atoms with van der Waals surface area (Å²) >= 11 is 7.69. The number of imidazole rings is 1. The Morgan fingerprint density at radius 3 is 2.68 bits per heavy atom. The van der Waals surface area contributed by atoms with Crippen molar-refractivity contribution >= 4 is 44.4 Å². The number of halogens is 2. The Hall–Kier alpha value is -1.61. The summed E-state index contributed by atoms with van der Waals surface area (Å²) in [5.74, 6) is 0.396. The number of thioether (sulfide) groups is 1. The van der Waals surface area contributed by atoms with Gasteiger partial charge in [-0.1, -0.05) is 49.2 Å². The van der Waals surface area contributed by atoms with Crippen LogP contribution in [0.25, 0.3) is 11.0 Å². The van der Waals surface area contributed by atoms with Crippen molar-refractivity contribution in [3.05, 3.63) is 52.8 Å². The number of rotatable bonds is 6. The van der Waals surface area contributed by atoms with Gasteiger partial charge in [-0.25, -0.2) is 17.8 Å². The number of hydrogen-bond donors (Lipinski definition) is 0. The van der Waals surface area contributed by atoms with E-state index in [9.17, 15) is 12.8 Å². The minimum absolute atomic E-state index is 0.291. The average molecular weight is 522 g/mol. The first-order valence-electron chi connectivity index (χ1n) is 11.9. The lowest BCUT2D eigenvalue weighted by molar-refractivity contribution is 0.281. The molecular weight excluding hydrogens is 493 g/mol. The van der Waals surface area contributed by atoms with Gasteiger partial charge in [0.15, 0.2) is 5.16 Å². The molecule has 0 unspecified atom stereocenters. The van der Waals surface area contributed by atoms with Gasteiger partial charge in [0, 0.05) is 35.5 Å². The molecule has 1 saturated heterocycles. The smallest absolute Gasteiger partial charge is 0.243 e. The van der Waals surface area contributed by atoms with E-state index in [1.54, 1.807) is 28.6 Å². The van der Waals surface area contributed by atoms with E-state index in [0.29, 0.717) is 51.8 Å². The van der Waals surface area contributed by atoms with Gasteiger partial charge in [0.2, 0.25) is 10.0 Å². The van der Waals surface area contributed by atoms with E-state index in [4.69, 9.17) is 16.6 Å². The van der Waals surface area contributed by atoms with Crippen LogP contribution >= 0.6 is 23.4 Å². The summed E-state index contributed by atoms with van der Waals surface area (Å²) in [6.45, 7) is 3.21. The predicted molar refractivity (Wildman–Crippen MR) is 135 cm³/mol. The van der Waals surface area contributed by atoms with Crippen molar-refractivity contribution in [3.63, 3.8) is 0 Å². The number of nitrogens with zero attached hydrogens (tertiary/aromatic N) is 3. The van der Waals surface area contributed by atoms with Gasteiger partial charge in [-0.3, -0.25) is 0 Å². The van der Waals surface area contributed by atoms with Crippen LogP contribution in [-0.4, -0.2) is 35.4 Å². The first-order chi connectivity index (χ1) is 16.3. The molecule has 1 aliphatic carbocycles. The number of sulfonamides is 1. The third-order valence-electron chi connectivity index (χ3n) is 6.98. The molecular formula is C25H29ClFN3O2S2. The van der Waals surface area contributed by atoms with Gasteiger partial charge in [0.05, 0.1) is 15.9 Å². The van der Waals surface area contributed by atoms with Crippen molar-refractivity contribution in [2.24, 2.45) is 5.92 Å². The van der Waals surface area contributed by atoms with Crippen LogP contribution in [0.4, 0.5) is 4.39 Å². The van der Waals surface area contributed by atoms with Crippen LogP contribution in [0.15, 0.2) is 46.5 Å². The van der Waals surface area contributed by atoms with Crippen LogP contribution in [0.3, 0.4) is 0 Å². The van der Waals surface area contributed by atoms with Gasteiger partial charge in [-0.15, -0.1) is 0 Å². The molecule has 1 saturated carbocycles. The second-order valence-corrected chi connectivity index (χ2v) is 12.7. The highest BCUT2D eigenvalue weighted by atomic mass is 35.5. The van der Waals surface area contributed by atoms with Crippen LogP contribution in [0.2, 0.25) is 5.02 Å². The van der Waals surface area contributed by atoms with Crippen molar-refractivity contribution in [2.75, 3.05) is 13.1 Å². The van der Waals surface area contributed by atoms with Crippen molar-refractivity contribution in [1.29, 1.82) is 0 Å². The highest BCUT2D eigenvalue weighted by Gasteiger charge is 2.30. The molecule has 0 radical (unpaired) electrons. The number of piperidine rings is 1. The first-order valence-corrected chi connectivity index (χ1v) is 14.7. The predicted octanol–water partition coefficient (Wildman–Crippen LogP) is 6.66. The van der Waals surface area contributed by atoms with E-state index >= 15 is 0 Å². The van der Waals surface area contributed by atoms with Crippen molar-refractivity contribution in [2.45, 2.75) is 67.3 Å². The topological polar surface area (TPSA) is 55.2 Å². The molecule has 2 heterocycles. The quantitative estimate of drug-likeness (QED) is 0.340. The zero-order valence-corrected chi connectivity index (χ0v) is 21.6. The molecule has 2 aromatic carbocycles. The summed E-state index contributed by atoms with van der Waals surface area (Å²) in [7, 11) is -3.57. The molecule has 9 heteroatoms. The standard InChI is InChI=1S/C25H29ClFN3O2S2/c1-17-6-5-13-29(15-17)34(31,32)19-11-12-24-23(14-19)28-25(30(24)18-7-2-3-8-18)33-16-20-21(26)9-4-10-22(20)27/h4,9-12,14,17-18H,2-3,5-8,13,15-16H2,1H3/t17-/m1/s1. The normalized spacial score (nSPS) is 20.4. The summed E-state index contributed by atoms with van der Waals surface area (Å²) in [6.07, 6.45) is 6.39. The third-order valence-corrected chi connectivity index (χ3v) is 10.2. The van der Waals surface area contributed by atoms with E-state index < -0.39 is 10.0 Å². The monoisotopic (exact) mass is 521 g/mol. The summed E-state index contributed by atoms with van der Waals surface area (Å²) in [5.41, 5.74) is 2.06. The van der Waals surface area contributed by atoms with E-state index in [-0.39, 0.29) is 5.82 Å². The molecule has 3 aromatic rings. The minimum Gasteiger partial charge on any atom is -0.316 e. The molecule has 1 aromatic heterocycles. The van der Waals surface area contributed by atoms with Gasteiger partial charge < -0.3 is 4.57 Å². The Bertz CT molecular complexity index is 1280. The van der Waals surface area contributed by atoms with Crippen molar-refractivity contribution in [3.8, 4) is 0 Å². The van der Waals surface area contributed by atoms with Crippen LogP contribution in [-0.2, 0) is 15.8 Å². The van der Waals surface area contributed by atoms with Crippen molar-refractivity contribution < 1.29 is 12.8 Å². The van der Waals surface area contributed by atoms with Gasteiger partial charge in [0.1, 0.15) is 5.82 Å². The lowest BCUT2D eigenvalue weighted by Gasteiger charge is -2.30. The molecule has 0 N–H and O–H groups in total. The summed E-state index contributed by atoms with van der Waals surface area (Å²) in [4.78, 5) is 5.13. The Morgan fingerprint density at radius 2 is 1.94 bits per heavy atom. The van der Waals surface area contributed by atoms with Crippen LogP contribution < -0.4 is 0 Å². The van der Waals surface area contributed by atoms with E-state index in [1.165, 1.54) is 17.8 Å². The Balaban J connectivity index is 1.51. The van der Waals surface area contributed by atoms with Crippen molar-refractivity contribution in [1.82, 2.24) is 13.9 Å². The second-order valence-electron chi connectivity index (χ2n) is 9.45. The molecule has 1 aliphatic heterocycles. The number of fused-ring (bicyclic) bond motifs is 1. The molecule has 0 spiro atoms. The maximum atomic E-state index is 14.4. The Labute approximate surface area is 209 Å². The van der Waals surface area contributed by atoms with Gasteiger partial charge in [-0.2, -0.15) is 4.31 Å². The summed E-state index contributed by atoms with van der Waals surface area (Å²) < 4.78 is 44.9. The zero-order valence-electron chi connectivity index (χ0n) is 19.2. The first kappa shape index (κ1) is 24.1. The highest BCUT2D eigenvalue weighted by Crippen LogP contribution is 2.39. The lowest BCUT2D eigenvalue weighted by Crippen LogP contribution is -2.39. The van der Waals surface area contributed by atoms with Crippen LogP contribution in [0.5, 0.6) is 0 Å². The molecule has 2 aliphatic rings.